The van der Waals surface area contributed by atoms with Crippen molar-refractivity contribution in [2.75, 3.05) is 11.4 Å². The second kappa shape index (κ2) is 7.97. The second-order valence-electron chi connectivity index (χ2n) is 9.07. The van der Waals surface area contributed by atoms with Crippen molar-refractivity contribution in [2.45, 2.75) is 26.2 Å². The minimum atomic E-state index is -2.62. The van der Waals surface area contributed by atoms with Gasteiger partial charge in [-0.3, -0.25) is 13.8 Å². The number of halogens is 2. The highest BCUT2D eigenvalue weighted by molar-refractivity contribution is 5.93. The third-order valence-electron chi connectivity index (χ3n) is 6.74. The van der Waals surface area contributed by atoms with E-state index < -0.39 is 6.43 Å². The highest BCUT2D eigenvalue weighted by atomic mass is 19.3. The molecular formula is C26H27F2N5O. The van der Waals surface area contributed by atoms with Gasteiger partial charge in [-0.15, -0.1) is 0 Å². The van der Waals surface area contributed by atoms with Crippen molar-refractivity contribution in [3.8, 4) is 11.1 Å². The van der Waals surface area contributed by atoms with Gasteiger partial charge in [0.1, 0.15) is 0 Å². The molecule has 8 heteroatoms. The minimum Gasteiger partial charge on any atom is -0.341 e. The fourth-order valence-electron chi connectivity index (χ4n) is 5.03. The molecule has 3 heterocycles. The quantitative estimate of drug-likeness (QED) is 0.411. The number of imidazole rings is 1. The van der Waals surface area contributed by atoms with Crippen LogP contribution in [0.25, 0.3) is 27.7 Å². The molecule has 0 radical (unpaired) electrons. The van der Waals surface area contributed by atoms with Gasteiger partial charge in [0.15, 0.2) is 0 Å². The van der Waals surface area contributed by atoms with Crippen LogP contribution in [0.2, 0.25) is 0 Å². The Labute approximate surface area is 196 Å². The summed E-state index contributed by atoms with van der Waals surface area (Å²) >= 11 is 0. The van der Waals surface area contributed by atoms with E-state index in [1.54, 1.807) is 53.4 Å². The van der Waals surface area contributed by atoms with Crippen LogP contribution in [0.3, 0.4) is 0 Å². The van der Waals surface area contributed by atoms with E-state index in [4.69, 9.17) is 0 Å². The van der Waals surface area contributed by atoms with Crippen LogP contribution in [0, 0.1) is 0 Å². The van der Waals surface area contributed by atoms with Gasteiger partial charge in [-0.1, -0.05) is 6.58 Å². The topological polar surface area (TPSA) is 48.0 Å². The first kappa shape index (κ1) is 22.1. The highest BCUT2D eigenvalue weighted by Crippen LogP contribution is 2.42. The Morgan fingerprint density at radius 3 is 2.53 bits per heavy atom. The first-order valence-electron chi connectivity index (χ1n) is 11.2. The third kappa shape index (κ3) is 3.36. The van der Waals surface area contributed by atoms with Crippen LogP contribution in [0.4, 0.5) is 20.2 Å². The van der Waals surface area contributed by atoms with Crippen molar-refractivity contribution in [2.24, 2.45) is 21.1 Å². The summed E-state index contributed by atoms with van der Waals surface area (Å²) in [7, 11) is 5.27. The Hall–Kier alpha value is -3.68. The molecule has 0 atom stereocenters. The van der Waals surface area contributed by atoms with Gasteiger partial charge < -0.3 is 4.90 Å². The van der Waals surface area contributed by atoms with E-state index in [9.17, 15) is 13.6 Å². The molecular weight excluding hydrogens is 436 g/mol. The van der Waals surface area contributed by atoms with E-state index in [0.29, 0.717) is 17.7 Å². The third-order valence-corrected chi connectivity index (χ3v) is 6.74. The van der Waals surface area contributed by atoms with Crippen molar-refractivity contribution in [1.82, 2.24) is 18.9 Å². The lowest BCUT2D eigenvalue weighted by Crippen LogP contribution is -2.25. The van der Waals surface area contributed by atoms with E-state index in [2.05, 4.69) is 16.6 Å². The average molecular weight is 464 g/mol. The molecule has 0 saturated carbocycles. The van der Waals surface area contributed by atoms with E-state index in [-0.39, 0.29) is 11.3 Å². The van der Waals surface area contributed by atoms with Crippen molar-refractivity contribution < 1.29 is 8.78 Å². The smallest absolute Gasteiger partial charge is 0.328 e. The fraction of sp³-hybridized carbons (Fsp3) is 0.308. The largest absolute Gasteiger partial charge is 0.341 e. The van der Waals surface area contributed by atoms with Gasteiger partial charge in [-0.2, -0.15) is 5.10 Å². The summed E-state index contributed by atoms with van der Waals surface area (Å²) in [4.78, 5) is 14.7. The van der Waals surface area contributed by atoms with Gasteiger partial charge >= 0.3 is 5.69 Å². The number of rotatable bonds is 4. The Morgan fingerprint density at radius 2 is 1.88 bits per heavy atom. The molecule has 176 valence electrons. The highest BCUT2D eigenvalue weighted by Gasteiger charge is 2.26. The summed E-state index contributed by atoms with van der Waals surface area (Å²) in [6.45, 7) is 6.73. The van der Waals surface area contributed by atoms with Crippen LogP contribution in [0.1, 0.15) is 36.5 Å². The summed E-state index contributed by atoms with van der Waals surface area (Å²) in [6, 6.07) is 7.48. The zero-order valence-corrected chi connectivity index (χ0v) is 19.8. The van der Waals surface area contributed by atoms with Crippen molar-refractivity contribution in [3.63, 3.8) is 0 Å². The normalized spacial score (nSPS) is 13.7. The second-order valence-corrected chi connectivity index (χ2v) is 9.07. The van der Waals surface area contributed by atoms with Crippen molar-refractivity contribution in [3.05, 3.63) is 70.4 Å². The van der Waals surface area contributed by atoms with Gasteiger partial charge in [-0.05, 0) is 60.7 Å². The fourth-order valence-corrected chi connectivity index (χ4v) is 5.03. The van der Waals surface area contributed by atoms with Gasteiger partial charge in [0.2, 0.25) is 0 Å². The van der Waals surface area contributed by atoms with E-state index in [1.165, 1.54) is 0 Å². The van der Waals surface area contributed by atoms with Crippen LogP contribution in [0.5, 0.6) is 0 Å². The number of fused-ring (bicyclic) bond motifs is 2. The van der Waals surface area contributed by atoms with Crippen LogP contribution in [0.15, 0.2) is 48.0 Å². The Bertz CT molecular complexity index is 1510. The first-order chi connectivity index (χ1) is 16.2. The standard InChI is InChI=1S/C26H27F2N5O/c1-15(2)19-10-18(11-23-24(19)32(5)26(34)31(23)4)33-8-6-7-16-9-20(17-13-29-30(3)14-17)21(25(27)28)12-22(16)33/h9-14,25H,1,6-8H2,2-5H3. The molecule has 6 nitrogen and oxygen atoms in total. The molecule has 4 aromatic rings. The lowest BCUT2D eigenvalue weighted by atomic mass is 9.92. The predicted molar refractivity (Wildman–Crippen MR) is 132 cm³/mol. The van der Waals surface area contributed by atoms with Gasteiger partial charge in [-0.25, -0.2) is 13.6 Å². The monoisotopic (exact) mass is 463 g/mol. The molecule has 0 amide bonds. The molecule has 0 spiro atoms. The molecule has 2 aromatic heterocycles. The van der Waals surface area contributed by atoms with Crippen LogP contribution >= 0.6 is 0 Å². The zero-order chi connectivity index (χ0) is 24.3. The Balaban J connectivity index is 1.73. The van der Waals surface area contributed by atoms with E-state index >= 15 is 0 Å². The van der Waals surface area contributed by atoms with Crippen LogP contribution < -0.4 is 10.6 Å². The molecule has 0 unspecified atom stereocenters. The Kier molecular flexibility index (Phi) is 5.19. The lowest BCUT2D eigenvalue weighted by molar-refractivity contribution is 0.152. The number of aromatic nitrogens is 4. The molecule has 34 heavy (non-hydrogen) atoms. The lowest BCUT2D eigenvalue weighted by Gasteiger charge is -2.33. The SMILES string of the molecule is C=C(C)c1cc(N2CCCc3cc(-c4cnn(C)c4)c(C(F)F)cc32)cc2c1n(C)c(=O)n2C. The number of hydrogen-bond acceptors (Lipinski definition) is 3. The molecule has 5 rings (SSSR count). The number of benzene rings is 2. The number of hydrogen-bond donors (Lipinski definition) is 0. The minimum absolute atomic E-state index is 0.00744. The molecule has 2 aromatic carbocycles. The average Bonchev–Trinajstić information content (AvgIpc) is 3.34. The Morgan fingerprint density at radius 1 is 1.12 bits per heavy atom. The van der Waals surface area contributed by atoms with Crippen LogP contribution in [-0.2, 0) is 27.6 Å². The van der Waals surface area contributed by atoms with Crippen molar-refractivity contribution in [1.29, 1.82) is 0 Å². The van der Waals surface area contributed by atoms with Gasteiger partial charge in [0.05, 0.1) is 17.2 Å². The maximum absolute atomic E-state index is 14.2. The van der Waals surface area contributed by atoms with Crippen LogP contribution in [-0.4, -0.2) is 25.5 Å². The number of allylic oxidation sites excluding steroid dienone is 1. The molecule has 0 saturated heterocycles. The molecule has 0 aliphatic carbocycles. The van der Waals surface area contributed by atoms with Gasteiger partial charge in [0, 0.05) is 61.9 Å². The number of aryl methyl sites for hydroxylation is 4. The maximum atomic E-state index is 14.2. The molecule has 1 aliphatic heterocycles. The predicted octanol–water partition coefficient (Wildman–Crippen LogP) is 5.33. The first-order valence-corrected chi connectivity index (χ1v) is 11.2. The summed E-state index contributed by atoms with van der Waals surface area (Å²) in [6.07, 6.45) is 2.46. The molecule has 0 bridgehead atoms. The number of anilines is 2. The summed E-state index contributed by atoms with van der Waals surface area (Å²) in [5, 5.41) is 4.16. The molecule has 0 fully saturated rings. The summed E-state index contributed by atoms with van der Waals surface area (Å²) < 4.78 is 33.3. The van der Waals surface area contributed by atoms with E-state index in [0.717, 1.165) is 51.9 Å². The number of nitrogens with zero attached hydrogens (tertiary/aromatic N) is 5. The molecule has 0 N–H and O–H groups in total. The molecule has 1 aliphatic rings. The summed E-state index contributed by atoms with van der Waals surface area (Å²) in [5.41, 5.74) is 7.07. The maximum Gasteiger partial charge on any atom is 0.328 e. The number of alkyl halides is 2. The van der Waals surface area contributed by atoms with Crippen molar-refractivity contribution >= 4 is 28.0 Å². The van der Waals surface area contributed by atoms with E-state index in [1.807, 2.05) is 25.1 Å². The zero-order valence-electron chi connectivity index (χ0n) is 19.8. The summed E-state index contributed by atoms with van der Waals surface area (Å²) in [5.74, 6) is 0. The van der Waals surface area contributed by atoms with Gasteiger partial charge in [0.25, 0.3) is 6.43 Å².